The van der Waals surface area contributed by atoms with Crippen LogP contribution in [0.4, 0.5) is 0 Å². The molecule has 0 aliphatic carbocycles. The summed E-state index contributed by atoms with van der Waals surface area (Å²) in [5, 5.41) is 5.06. The van der Waals surface area contributed by atoms with Crippen molar-refractivity contribution >= 4 is 35.3 Å². The van der Waals surface area contributed by atoms with Gasteiger partial charge < -0.3 is 4.57 Å². The van der Waals surface area contributed by atoms with Gasteiger partial charge in [0.15, 0.2) is 0 Å². The number of halogens is 2. The number of carbonyl (C=O) groups excluding carboxylic acids is 1. The Morgan fingerprint density at radius 3 is 2.50 bits per heavy atom. The average molecular weight is 358 g/mol. The first-order valence-electron chi connectivity index (χ1n) is 7.16. The molecule has 0 bridgehead atoms. The first-order valence-corrected chi connectivity index (χ1v) is 7.92. The van der Waals surface area contributed by atoms with Crippen molar-refractivity contribution in [3.05, 3.63) is 88.2 Å². The second-order valence-corrected chi connectivity index (χ2v) is 5.80. The quantitative estimate of drug-likeness (QED) is 0.540. The fourth-order valence-electron chi connectivity index (χ4n) is 2.20. The summed E-state index contributed by atoms with van der Waals surface area (Å²) >= 11 is 11.9. The topological polar surface area (TPSA) is 46.4 Å². The summed E-state index contributed by atoms with van der Waals surface area (Å²) in [7, 11) is 0. The predicted octanol–water partition coefficient (Wildman–Crippen LogP) is 4.55. The van der Waals surface area contributed by atoms with Gasteiger partial charge in [-0.05, 0) is 48.5 Å². The van der Waals surface area contributed by atoms with Crippen molar-refractivity contribution in [1.29, 1.82) is 0 Å². The van der Waals surface area contributed by atoms with Crippen LogP contribution in [0.1, 0.15) is 16.1 Å². The fourth-order valence-corrected chi connectivity index (χ4v) is 2.55. The second-order valence-electron chi connectivity index (χ2n) is 4.96. The maximum atomic E-state index is 12.1. The Balaban J connectivity index is 1.74. The summed E-state index contributed by atoms with van der Waals surface area (Å²) in [4.78, 5) is 12.1. The van der Waals surface area contributed by atoms with Crippen LogP contribution in [-0.4, -0.2) is 16.7 Å². The molecule has 0 saturated heterocycles. The van der Waals surface area contributed by atoms with E-state index in [-0.39, 0.29) is 5.91 Å². The minimum atomic E-state index is -0.360. The van der Waals surface area contributed by atoms with Gasteiger partial charge in [-0.25, -0.2) is 5.43 Å². The lowest BCUT2D eigenvalue weighted by molar-refractivity contribution is 0.0955. The third-order valence-electron chi connectivity index (χ3n) is 3.37. The minimum Gasteiger partial charge on any atom is -0.316 e. The number of hydrogen-bond acceptors (Lipinski definition) is 2. The molecule has 0 atom stereocenters. The predicted molar refractivity (Wildman–Crippen MR) is 97.3 cm³/mol. The lowest BCUT2D eigenvalue weighted by Crippen LogP contribution is -2.18. The normalized spacial score (nSPS) is 10.9. The molecule has 3 rings (SSSR count). The van der Waals surface area contributed by atoms with Crippen molar-refractivity contribution in [2.75, 3.05) is 0 Å². The van der Waals surface area contributed by atoms with Gasteiger partial charge in [-0.3, -0.25) is 4.79 Å². The van der Waals surface area contributed by atoms with Crippen LogP contribution in [0.15, 0.2) is 72.0 Å². The van der Waals surface area contributed by atoms with Gasteiger partial charge >= 0.3 is 0 Å². The summed E-state index contributed by atoms with van der Waals surface area (Å²) in [5.41, 5.74) is 4.62. The van der Waals surface area contributed by atoms with E-state index >= 15 is 0 Å². The number of hydrazone groups is 1. The molecule has 1 aromatic heterocycles. The number of benzene rings is 2. The number of rotatable bonds is 4. The zero-order valence-electron chi connectivity index (χ0n) is 12.5. The van der Waals surface area contributed by atoms with Gasteiger partial charge in [0, 0.05) is 16.9 Å². The monoisotopic (exact) mass is 357 g/mol. The van der Waals surface area contributed by atoms with Crippen LogP contribution >= 0.6 is 23.2 Å². The van der Waals surface area contributed by atoms with Crippen LogP contribution < -0.4 is 5.43 Å². The van der Waals surface area contributed by atoms with Gasteiger partial charge in [0.05, 0.1) is 22.5 Å². The van der Waals surface area contributed by atoms with Crippen LogP contribution in [0.5, 0.6) is 0 Å². The first-order chi connectivity index (χ1) is 11.6. The standard InChI is InChI=1S/C18H13Cl2N3O/c19-13-7-9-14(10-8-13)23-11-3-4-15(23)12-21-22-18(24)16-5-1-2-6-17(16)20/h1-12H,(H,22,24)/b21-12-. The molecule has 0 unspecified atom stereocenters. The highest BCUT2D eigenvalue weighted by Gasteiger charge is 2.08. The zero-order valence-corrected chi connectivity index (χ0v) is 14.0. The molecule has 0 saturated carbocycles. The second kappa shape index (κ2) is 7.34. The van der Waals surface area contributed by atoms with Gasteiger partial charge in [0.2, 0.25) is 0 Å². The molecule has 6 heteroatoms. The number of hydrogen-bond donors (Lipinski definition) is 1. The fraction of sp³-hybridized carbons (Fsp3) is 0. The molecule has 4 nitrogen and oxygen atoms in total. The smallest absolute Gasteiger partial charge is 0.272 e. The van der Waals surface area contributed by atoms with E-state index in [1.165, 1.54) is 0 Å². The Kier molecular flexibility index (Phi) is 4.99. The summed E-state index contributed by atoms with van der Waals surface area (Å²) in [6.45, 7) is 0. The van der Waals surface area contributed by atoms with Crippen LogP contribution in [0.2, 0.25) is 10.0 Å². The maximum Gasteiger partial charge on any atom is 0.272 e. The molecule has 3 aromatic rings. The molecule has 0 radical (unpaired) electrons. The SMILES string of the molecule is O=C(N/N=C\c1cccn1-c1ccc(Cl)cc1)c1ccccc1Cl. The van der Waals surface area contributed by atoms with Gasteiger partial charge in [-0.2, -0.15) is 5.10 Å². The van der Waals surface area contributed by atoms with E-state index in [0.717, 1.165) is 11.4 Å². The molecule has 1 amide bonds. The van der Waals surface area contributed by atoms with Gasteiger partial charge in [-0.1, -0.05) is 35.3 Å². The summed E-state index contributed by atoms with van der Waals surface area (Å²) < 4.78 is 1.93. The number of aromatic nitrogens is 1. The maximum absolute atomic E-state index is 12.1. The highest BCUT2D eigenvalue weighted by Crippen LogP contribution is 2.16. The first kappa shape index (κ1) is 16.3. The molecule has 0 aliphatic heterocycles. The van der Waals surface area contributed by atoms with Crippen LogP contribution in [0.3, 0.4) is 0 Å². The number of nitrogens with zero attached hydrogens (tertiary/aromatic N) is 2. The van der Waals surface area contributed by atoms with Crippen molar-refractivity contribution in [2.45, 2.75) is 0 Å². The van der Waals surface area contributed by atoms with Crippen LogP contribution in [0, 0.1) is 0 Å². The Labute approximate surface area is 149 Å². The lowest BCUT2D eigenvalue weighted by Gasteiger charge is -2.06. The molecule has 1 heterocycles. The Hall–Kier alpha value is -2.56. The molecule has 0 spiro atoms. The highest BCUT2D eigenvalue weighted by atomic mass is 35.5. The molecule has 0 aliphatic rings. The molecular weight excluding hydrogens is 345 g/mol. The van der Waals surface area contributed by atoms with Crippen molar-refractivity contribution in [1.82, 2.24) is 9.99 Å². The lowest BCUT2D eigenvalue weighted by atomic mass is 10.2. The Bertz CT molecular complexity index is 885. The van der Waals surface area contributed by atoms with E-state index in [9.17, 15) is 4.79 Å². The minimum absolute atomic E-state index is 0.360. The third kappa shape index (κ3) is 3.67. The summed E-state index contributed by atoms with van der Waals surface area (Å²) in [6.07, 6.45) is 3.48. The number of nitrogens with one attached hydrogen (secondary N) is 1. The van der Waals surface area contributed by atoms with E-state index in [2.05, 4.69) is 10.5 Å². The van der Waals surface area contributed by atoms with E-state index < -0.39 is 0 Å². The molecule has 2 aromatic carbocycles. The molecular formula is C18H13Cl2N3O. The number of amides is 1. The molecule has 24 heavy (non-hydrogen) atoms. The number of carbonyl (C=O) groups is 1. The van der Waals surface area contributed by atoms with Crippen molar-refractivity contribution in [2.24, 2.45) is 5.10 Å². The van der Waals surface area contributed by atoms with E-state index in [1.54, 1.807) is 30.5 Å². The van der Waals surface area contributed by atoms with Gasteiger partial charge in [0.25, 0.3) is 5.91 Å². The van der Waals surface area contributed by atoms with Crippen LogP contribution in [0.25, 0.3) is 5.69 Å². The van der Waals surface area contributed by atoms with Crippen molar-refractivity contribution in [3.63, 3.8) is 0 Å². The zero-order chi connectivity index (χ0) is 16.9. The van der Waals surface area contributed by atoms with E-state index in [4.69, 9.17) is 23.2 Å². The molecule has 0 fully saturated rings. The Morgan fingerprint density at radius 2 is 1.75 bits per heavy atom. The van der Waals surface area contributed by atoms with Gasteiger partial charge in [-0.15, -0.1) is 0 Å². The Morgan fingerprint density at radius 1 is 1.00 bits per heavy atom. The highest BCUT2D eigenvalue weighted by molar-refractivity contribution is 6.33. The van der Waals surface area contributed by atoms with Gasteiger partial charge in [0.1, 0.15) is 0 Å². The van der Waals surface area contributed by atoms with Crippen LogP contribution in [-0.2, 0) is 0 Å². The molecule has 120 valence electrons. The average Bonchev–Trinajstić information content (AvgIpc) is 3.04. The van der Waals surface area contributed by atoms with E-state index in [1.807, 2.05) is 47.2 Å². The van der Waals surface area contributed by atoms with Crippen molar-refractivity contribution in [3.8, 4) is 5.69 Å². The molecule has 1 N–H and O–H groups in total. The largest absolute Gasteiger partial charge is 0.316 e. The third-order valence-corrected chi connectivity index (χ3v) is 3.95. The van der Waals surface area contributed by atoms with Crippen molar-refractivity contribution < 1.29 is 4.79 Å². The summed E-state index contributed by atoms with van der Waals surface area (Å²) in [6, 6.07) is 18.0. The van der Waals surface area contributed by atoms with E-state index in [0.29, 0.717) is 15.6 Å². The summed E-state index contributed by atoms with van der Waals surface area (Å²) in [5.74, 6) is -0.360.